The summed E-state index contributed by atoms with van der Waals surface area (Å²) in [6.45, 7) is 5.80. The summed E-state index contributed by atoms with van der Waals surface area (Å²) in [6.07, 6.45) is 5.77. The lowest BCUT2D eigenvalue weighted by atomic mass is 10.1. The molecule has 0 aliphatic rings. The maximum Gasteiger partial charge on any atom is 0.142 e. The molecule has 2 aromatic rings. The van der Waals surface area contributed by atoms with Crippen molar-refractivity contribution >= 4 is 11.4 Å². The molecule has 3 heteroatoms. The molecule has 0 aliphatic carbocycles. The van der Waals surface area contributed by atoms with E-state index in [9.17, 15) is 0 Å². The molecule has 2 aromatic carbocycles. The van der Waals surface area contributed by atoms with E-state index in [4.69, 9.17) is 10.5 Å². The molecule has 0 atom stereocenters. The largest absolute Gasteiger partial charge is 0.492 e. The van der Waals surface area contributed by atoms with Gasteiger partial charge in [-0.05, 0) is 68.0 Å². The van der Waals surface area contributed by atoms with Crippen LogP contribution in [0.2, 0.25) is 0 Å². The highest BCUT2D eigenvalue weighted by Crippen LogP contribution is 2.23. The lowest BCUT2D eigenvalue weighted by Crippen LogP contribution is -2.03. The second-order valence-corrected chi connectivity index (χ2v) is 6.14. The molecule has 0 saturated carbocycles. The van der Waals surface area contributed by atoms with Gasteiger partial charge in [-0.3, -0.25) is 0 Å². The number of ether oxygens (including phenoxy) is 1. The first-order valence-electron chi connectivity index (χ1n) is 9.07. The van der Waals surface area contributed by atoms with Gasteiger partial charge in [0, 0.05) is 12.2 Å². The number of aryl methyl sites for hydroxylation is 2. The summed E-state index contributed by atoms with van der Waals surface area (Å²) >= 11 is 0. The molecule has 0 unspecified atom stereocenters. The quantitative estimate of drug-likeness (QED) is 0.474. The third-order valence-corrected chi connectivity index (χ3v) is 4.12. The molecule has 0 spiro atoms. The molecule has 130 valence electrons. The minimum absolute atomic E-state index is 0.644. The smallest absolute Gasteiger partial charge is 0.142 e. The van der Waals surface area contributed by atoms with Gasteiger partial charge < -0.3 is 15.8 Å². The third kappa shape index (κ3) is 5.80. The minimum Gasteiger partial charge on any atom is -0.492 e. The van der Waals surface area contributed by atoms with Crippen LogP contribution in [0, 0.1) is 0 Å². The third-order valence-electron chi connectivity index (χ3n) is 4.12. The van der Waals surface area contributed by atoms with Crippen molar-refractivity contribution in [3.8, 4) is 5.75 Å². The van der Waals surface area contributed by atoms with Gasteiger partial charge in [-0.25, -0.2) is 0 Å². The van der Waals surface area contributed by atoms with Gasteiger partial charge >= 0.3 is 0 Å². The van der Waals surface area contributed by atoms with Gasteiger partial charge in [-0.15, -0.1) is 0 Å². The van der Waals surface area contributed by atoms with E-state index in [0.717, 1.165) is 30.8 Å². The van der Waals surface area contributed by atoms with Crippen molar-refractivity contribution in [2.75, 3.05) is 24.2 Å². The number of hydrogen-bond donors (Lipinski definition) is 2. The summed E-state index contributed by atoms with van der Waals surface area (Å²) in [4.78, 5) is 0. The van der Waals surface area contributed by atoms with Crippen molar-refractivity contribution in [2.45, 2.75) is 46.0 Å². The number of nitrogens with one attached hydrogen (secondary N) is 1. The predicted molar refractivity (Wildman–Crippen MR) is 104 cm³/mol. The van der Waals surface area contributed by atoms with E-state index in [2.05, 4.69) is 42.6 Å². The lowest BCUT2D eigenvalue weighted by molar-refractivity contribution is 0.342. The van der Waals surface area contributed by atoms with Gasteiger partial charge in [0.1, 0.15) is 5.75 Å². The van der Waals surface area contributed by atoms with Gasteiger partial charge in [0.05, 0.1) is 12.3 Å². The highest BCUT2D eigenvalue weighted by molar-refractivity contribution is 5.54. The molecule has 0 aliphatic heterocycles. The van der Waals surface area contributed by atoms with E-state index < -0.39 is 0 Å². The Morgan fingerprint density at radius 1 is 0.917 bits per heavy atom. The molecule has 0 saturated heterocycles. The summed E-state index contributed by atoms with van der Waals surface area (Å²) in [5, 5.41) is 3.49. The lowest BCUT2D eigenvalue weighted by Gasteiger charge is -2.10. The van der Waals surface area contributed by atoms with Crippen LogP contribution < -0.4 is 15.8 Å². The standard InChI is InChI=1S/C21H30N2O/c1-3-5-7-17-9-12-19(13-10-17)23-15-6-8-18-11-14-21(24-4-2)20(22)16-18/h9-14,16,23H,3-8,15,22H2,1-2H3. The molecule has 0 amide bonds. The van der Waals surface area contributed by atoms with Gasteiger partial charge in [-0.2, -0.15) is 0 Å². The fourth-order valence-corrected chi connectivity index (χ4v) is 2.74. The van der Waals surface area contributed by atoms with Crippen LogP contribution in [0.25, 0.3) is 0 Å². The first kappa shape index (κ1) is 18.2. The van der Waals surface area contributed by atoms with Crippen molar-refractivity contribution in [1.82, 2.24) is 0 Å². The Morgan fingerprint density at radius 3 is 2.29 bits per heavy atom. The van der Waals surface area contributed by atoms with Crippen molar-refractivity contribution in [1.29, 1.82) is 0 Å². The van der Waals surface area contributed by atoms with Crippen LogP contribution in [0.5, 0.6) is 5.75 Å². The van der Waals surface area contributed by atoms with Crippen LogP contribution >= 0.6 is 0 Å². The second-order valence-electron chi connectivity index (χ2n) is 6.14. The normalized spacial score (nSPS) is 10.6. The van der Waals surface area contributed by atoms with Crippen LogP contribution in [0.15, 0.2) is 42.5 Å². The molecule has 3 nitrogen and oxygen atoms in total. The maximum atomic E-state index is 6.01. The van der Waals surface area contributed by atoms with E-state index in [1.165, 1.54) is 36.1 Å². The molecule has 0 heterocycles. The van der Waals surface area contributed by atoms with Gasteiger partial charge in [0.15, 0.2) is 0 Å². The molecule has 0 aromatic heterocycles. The van der Waals surface area contributed by atoms with Gasteiger partial charge in [-0.1, -0.05) is 31.5 Å². The number of rotatable bonds is 10. The van der Waals surface area contributed by atoms with Gasteiger partial charge in [0.2, 0.25) is 0 Å². The van der Waals surface area contributed by atoms with Crippen molar-refractivity contribution in [2.24, 2.45) is 0 Å². The zero-order chi connectivity index (χ0) is 17.2. The molecular formula is C21H30N2O. The molecular weight excluding hydrogens is 296 g/mol. The zero-order valence-electron chi connectivity index (χ0n) is 15.0. The fourth-order valence-electron chi connectivity index (χ4n) is 2.74. The summed E-state index contributed by atoms with van der Waals surface area (Å²) in [5.41, 5.74) is 10.6. The van der Waals surface area contributed by atoms with Crippen molar-refractivity contribution in [3.63, 3.8) is 0 Å². The number of benzene rings is 2. The van der Waals surface area contributed by atoms with Crippen molar-refractivity contribution in [3.05, 3.63) is 53.6 Å². The highest BCUT2D eigenvalue weighted by atomic mass is 16.5. The monoisotopic (exact) mass is 326 g/mol. The number of nitrogen functional groups attached to an aromatic ring is 1. The molecule has 0 radical (unpaired) electrons. The minimum atomic E-state index is 0.644. The Morgan fingerprint density at radius 2 is 1.62 bits per heavy atom. The number of anilines is 2. The van der Waals surface area contributed by atoms with Crippen LogP contribution in [0.3, 0.4) is 0 Å². The number of nitrogens with two attached hydrogens (primary N) is 1. The van der Waals surface area contributed by atoms with E-state index in [1.807, 2.05) is 19.1 Å². The topological polar surface area (TPSA) is 47.3 Å². The zero-order valence-corrected chi connectivity index (χ0v) is 15.0. The number of unbranched alkanes of at least 4 members (excludes halogenated alkanes) is 1. The van der Waals surface area contributed by atoms with Crippen LogP contribution in [0.4, 0.5) is 11.4 Å². The summed E-state index contributed by atoms with van der Waals surface area (Å²) < 4.78 is 5.47. The molecule has 0 fully saturated rings. The van der Waals surface area contributed by atoms with E-state index in [-0.39, 0.29) is 0 Å². The summed E-state index contributed by atoms with van der Waals surface area (Å²) in [7, 11) is 0. The Kier molecular flexibility index (Phi) is 7.47. The SMILES string of the molecule is CCCCc1ccc(NCCCc2ccc(OCC)c(N)c2)cc1. The highest BCUT2D eigenvalue weighted by Gasteiger charge is 2.02. The Labute approximate surface area is 146 Å². The van der Waals surface area contributed by atoms with Crippen molar-refractivity contribution < 1.29 is 4.74 Å². The van der Waals surface area contributed by atoms with E-state index in [1.54, 1.807) is 0 Å². The fraction of sp³-hybridized carbons (Fsp3) is 0.429. The Hall–Kier alpha value is -2.16. The molecule has 24 heavy (non-hydrogen) atoms. The first-order valence-corrected chi connectivity index (χ1v) is 9.07. The van der Waals surface area contributed by atoms with E-state index in [0.29, 0.717) is 6.61 Å². The Balaban J connectivity index is 1.73. The summed E-state index contributed by atoms with van der Waals surface area (Å²) in [5.74, 6) is 0.780. The maximum absolute atomic E-state index is 6.01. The predicted octanol–water partition coefficient (Wildman–Crippen LogP) is 5.05. The average Bonchev–Trinajstić information content (AvgIpc) is 2.60. The molecule has 0 bridgehead atoms. The van der Waals surface area contributed by atoms with E-state index >= 15 is 0 Å². The molecule has 2 rings (SSSR count). The van der Waals surface area contributed by atoms with Crippen LogP contribution in [-0.4, -0.2) is 13.2 Å². The van der Waals surface area contributed by atoms with Gasteiger partial charge in [0.25, 0.3) is 0 Å². The first-order chi connectivity index (χ1) is 11.7. The second kappa shape index (κ2) is 9.86. The van der Waals surface area contributed by atoms with Crippen LogP contribution in [-0.2, 0) is 12.8 Å². The Bertz CT molecular complexity index is 608. The summed E-state index contributed by atoms with van der Waals surface area (Å²) in [6, 6.07) is 14.9. The average molecular weight is 326 g/mol. The number of hydrogen-bond acceptors (Lipinski definition) is 3. The van der Waals surface area contributed by atoms with Crippen LogP contribution in [0.1, 0.15) is 44.2 Å². The molecule has 3 N–H and O–H groups in total.